The van der Waals surface area contributed by atoms with Gasteiger partial charge in [0.2, 0.25) is 0 Å². The maximum atomic E-state index is 11.5. The summed E-state index contributed by atoms with van der Waals surface area (Å²) in [4.78, 5) is 0. The first kappa shape index (κ1) is 13.4. The second-order valence-electron chi connectivity index (χ2n) is 5.65. The predicted octanol–water partition coefficient (Wildman–Crippen LogP) is 2.66. The largest absolute Gasteiger partial charge is 0.298 e. The first-order chi connectivity index (χ1) is 9.05. The zero-order valence-corrected chi connectivity index (χ0v) is 12.3. The third-order valence-corrected chi connectivity index (χ3v) is 5.19. The maximum absolute atomic E-state index is 11.5. The van der Waals surface area contributed by atoms with Gasteiger partial charge >= 0.3 is 0 Å². The molecule has 7 heteroatoms. The minimum Gasteiger partial charge on any atom is -0.298 e. The van der Waals surface area contributed by atoms with Gasteiger partial charge in [-0.15, -0.1) is 10.2 Å². The molecule has 0 amide bonds. The van der Waals surface area contributed by atoms with Crippen LogP contribution >= 0.6 is 10.7 Å². The summed E-state index contributed by atoms with van der Waals surface area (Å²) >= 11 is 0. The van der Waals surface area contributed by atoms with Gasteiger partial charge in [-0.3, -0.25) is 4.57 Å². The molecule has 19 heavy (non-hydrogen) atoms. The molecule has 2 fully saturated rings. The molecule has 5 nitrogen and oxygen atoms in total. The lowest BCUT2D eigenvalue weighted by Gasteiger charge is -2.21. The highest BCUT2D eigenvalue weighted by molar-refractivity contribution is 8.13. The topological polar surface area (TPSA) is 64.8 Å². The molecule has 2 aliphatic rings. The minimum atomic E-state index is -3.80. The van der Waals surface area contributed by atoms with Gasteiger partial charge in [0, 0.05) is 23.1 Å². The van der Waals surface area contributed by atoms with Crippen molar-refractivity contribution < 1.29 is 8.42 Å². The van der Waals surface area contributed by atoms with Gasteiger partial charge in [-0.2, -0.15) is 0 Å². The Balaban J connectivity index is 1.86. The van der Waals surface area contributed by atoms with Crippen molar-refractivity contribution in [3.05, 3.63) is 5.82 Å². The molecule has 0 aliphatic heterocycles. The van der Waals surface area contributed by atoms with Crippen molar-refractivity contribution in [2.75, 3.05) is 0 Å². The van der Waals surface area contributed by atoms with E-state index in [0.29, 0.717) is 5.92 Å². The van der Waals surface area contributed by atoms with Crippen molar-refractivity contribution in [2.45, 2.75) is 62.6 Å². The highest BCUT2D eigenvalue weighted by Crippen LogP contribution is 2.39. The van der Waals surface area contributed by atoms with Crippen LogP contribution in [0.3, 0.4) is 0 Å². The van der Waals surface area contributed by atoms with Crippen LogP contribution in [0.25, 0.3) is 0 Å². The van der Waals surface area contributed by atoms with Crippen LogP contribution < -0.4 is 0 Å². The highest BCUT2D eigenvalue weighted by Gasteiger charge is 2.34. The number of hydrogen-bond acceptors (Lipinski definition) is 4. The van der Waals surface area contributed by atoms with Gasteiger partial charge in [-0.05, 0) is 18.8 Å². The van der Waals surface area contributed by atoms with E-state index in [1.165, 1.54) is 32.1 Å². The Bertz CT molecular complexity index is 560. The van der Waals surface area contributed by atoms with Gasteiger partial charge in [0.05, 0.1) is 0 Å². The summed E-state index contributed by atoms with van der Waals surface area (Å²) in [6.45, 7) is 0. The third-order valence-electron chi connectivity index (χ3n) is 4.06. The van der Waals surface area contributed by atoms with E-state index in [4.69, 9.17) is 10.7 Å². The van der Waals surface area contributed by atoms with Crippen LogP contribution in [0.5, 0.6) is 0 Å². The standard InChI is InChI=1S/C12H18ClN3O2S/c13-19(17,18)12-15-14-11(16(12)10-6-7-10)8-9-4-2-1-3-5-9/h9-10H,1-8H2. The number of aromatic nitrogens is 3. The van der Waals surface area contributed by atoms with Gasteiger partial charge in [0.1, 0.15) is 5.82 Å². The Morgan fingerprint density at radius 1 is 1.11 bits per heavy atom. The molecule has 0 saturated heterocycles. The molecule has 0 atom stereocenters. The monoisotopic (exact) mass is 303 g/mol. The SMILES string of the molecule is O=S(=O)(Cl)c1nnc(CC2CCCCC2)n1C1CC1. The quantitative estimate of drug-likeness (QED) is 0.802. The van der Waals surface area contributed by atoms with E-state index in [0.717, 1.165) is 25.1 Å². The van der Waals surface area contributed by atoms with Gasteiger partial charge in [-0.1, -0.05) is 32.1 Å². The molecule has 0 unspecified atom stereocenters. The molecule has 3 rings (SSSR count). The summed E-state index contributed by atoms with van der Waals surface area (Å²) in [5.41, 5.74) is 0. The first-order valence-electron chi connectivity index (χ1n) is 6.94. The lowest BCUT2D eigenvalue weighted by atomic mass is 9.87. The second-order valence-corrected chi connectivity index (χ2v) is 8.11. The summed E-state index contributed by atoms with van der Waals surface area (Å²) in [6, 6.07) is 0.233. The van der Waals surface area contributed by atoms with E-state index < -0.39 is 9.05 Å². The molecule has 0 N–H and O–H groups in total. The van der Waals surface area contributed by atoms with E-state index in [9.17, 15) is 8.42 Å². The molecule has 1 aromatic heterocycles. The Morgan fingerprint density at radius 2 is 1.79 bits per heavy atom. The zero-order chi connectivity index (χ0) is 13.5. The Labute approximate surface area is 117 Å². The van der Waals surface area contributed by atoms with Crippen LogP contribution in [0.1, 0.15) is 56.8 Å². The van der Waals surface area contributed by atoms with Crippen LogP contribution in [-0.4, -0.2) is 23.2 Å². The van der Waals surface area contributed by atoms with E-state index in [2.05, 4.69) is 10.2 Å². The third kappa shape index (κ3) is 2.94. The van der Waals surface area contributed by atoms with Gasteiger partial charge in [0.25, 0.3) is 14.2 Å². The molecular weight excluding hydrogens is 286 g/mol. The Morgan fingerprint density at radius 3 is 2.37 bits per heavy atom. The van der Waals surface area contributed by atoms with E-state index in [1.807, 2.05) is 0 Å². The maximum Gasteiger partial charge on any atom is 0.296 e. The van der Waals surface area contributed by atoms with Crippen LogP contribution in [0.15, 0.2) is 5.16 Å². The number of rotatable bonds is 4. The van der Waals surface area contributed by atoms with Crippen molar-refractivity contribution >= 4 is 19.7 Å². The van der Waals surface area contributed by atoms with Crippen LogP contribution in [-0.2, 0) is 15.5 Å². The molecule has 1 aromatic rings. The molecule has 0 spiro atoms. The highest BCUT2D eigenvalue weighted by atomic mass is 35.7. The first-order valence-corrected chi connectivity index (χ1v) is 9.25. The fraction of sp³-hybridized carbons (Fsp3) is 0.833. The summed E-state index contributed by atoms with van der Waals surface area (Å²) in [5, 5.41) is 7.83. The average Bonchev–Trinajstić information content (AvgIpc) is 3.11. The van der Waals surface area contributed by atoms with E-state index >= 15 is 0 Å². The number of nitrogens with zero attached hydrogens (tertiary/aromatic N) is 3. The van der Waals surface area contributed by atoms with Gasteiger partial charge < -0.3 is 0 Å². The van der Waals surface area contributed by atoms with E-state index in [1.54, 1.807) is 4.57 Å². The van der Waals surface area contributed by atoms with Gasteiger partial charge in [0.15, 0.2) is 0 Å². The van der Waals surface area contributed by atoms with Crippen LogP contribution in [0, 0.1) is 5.92 Å². The lowest BCUT2D eigenvalue weighted by molar-refractivity contribution is 0.346. The average molecular weight is 304 g/mol. The lowest BCUT2D eigenvalue weighted by Crippen LogP contribution is -2.14. The zero-order valence-electron chi connectivity index (χ0n) is 10.8. The molecular formula is C12H18ClN3O2S. The number of halogens is 1. The molecule has 0 radical (unpaired) electrons. The normalized spacial score (nSPS) is 21.7. The van der Waals surface area contributed by atoms with Crippen molar-refractivity contribution in [1.29, 1.82) is 0 Å². The van der Waals surface area contributed by atoms with Crippen molar-refractivity contribution in [3.63, 3.8) is 0 Å². The van der Waals surface area contributed by atoms with Gasteiger partial charge in [-0.25, -0.2) is 8.42 Å². The minimum absolute atomic E-state index is 0.0672. The van der Waals surface area contributed by atoms with Crippen molar-refractivity contribution in [1.82, 2.24) is 14.8 Å². The number of hydrogen-bond donors (Lipinski definition) is 0. The van der Waals surface area contributed by atoms with Crippen molar-refractivity contribution in [2.24, 2.45) is 5.92 Å². The fourth-order valence-corrected chi connectivity index (χ4v) is 3.91. The van der Waals surface area contributed by atoms with Crippen molar-refractivity contribution in [3.8, 4) is 0 Å². The summed E-state index contributed by atoms with van der Waals surface area (Å²) in [6.07, 6.45) is 9.08. The summed E-state index contributed by atoms with van der Waals surface area (Å²) in [5.74, 6) is 1.41. The summed E-state index contributed by atoms with van der Waals surface area (Å²) < 4.78 is 24.8. The molecule has 0 bridgehead atoms. The van der Waals surface area contributed by atoms with E-state index in [-0.39, 0.29) is 11.2 Å². The van der Waals surface area contributed by atoms with Crippen LogP contribution in [0.4, 0.5) is 0 Å². The predicted molar refractivity (Wildman–Crippen MR) is 71.6 cm³/mol. The molecule has 106 valence electrons. The summed E-state index contributed by atoms with van der Waals surface area (Å²) in [7, 11) is 1.64. The fourth-order valence-electron chi connectivity index (χ4n) is 2.96. The Kier molecular flexibility index (Phi) is 3.55. The molecule has 2 saturated carbocycles. The molecule has 1 heterocycles. The molecule has 0 aromatic carbocycles. The van der Waals surface area contributed by atoms with Crippen LogP contribution in [0.2, 0.25) is 0 Å². The smallest absolute Gasteiger partial charge is 0.296 e. The Hall–Kier alpha value is -0.620. The second kappa shape index (κ2) is 5.05. The molecule has 2 aliphatic carbocycles.